The summed E-state index contributed by atoms with van der Waals surface area (Å²) in [5.74, 6) is -1.29. The van der Waals surface area contributed by atoms with Crippen LogP contribution in [0.25, 0.3) is 0 Å². The Balaban J connectivity index is 0. The van der Waals surface area contributed by atoms with Crippen molar-refractivity contribution >= 4 is 42.3 Å². The number of benzene rings is 2. The Kier molecular flexibility index (Phi) is 20.0. The lowest BCUT2D eigenvalue weighted by Crippen LogP contribution is -2.43. The first-order valence-corrected chi connectivity index (χ1v) is 15.1. The van der Waals surface area contributed by atoms with Gasteiger partial charge in [-0.2, -0.15) is 0 Å². The number of aliphatic hydroxyl groups is 2. The van der Waals surface area contributed by atoms with Crippen LogP contribution in [0.1, 0.15) is 92.7 Å². The summed E-state index contributed by atoms with van der Waals surface area (Å²) in [6.07, 6.45) is -0.653. The maximum Gasteiger partial charge on any atom is 0.306 e. The smallest absolute Gasteiger partial charge is 0.306 e. The van der Waals surface area contributed by atoms with Gasteiger partial charge in [-0.25, -0.2) is 0 Å². The van der Waals surface area contributed by atoms with Crippen molar-refractivity contribution in [1.82, 2.24) is 0 Å². The van der Waals surface area contributed by atoms with Gasteiger partial charge in [0.2, 0.25) is 0 Å². The molecule has 0 bridgehead atoms. The lowest BCUT2D eigenvalue weighted by Gasteiger charge is -2.26. The van der Waals surface area contributed by atoms with Crippen molar-refractivity contribution in [3.05, 3.63) is 71.8 Å². The average Bonchev–Trinajstić information content (AvgIpc) is 2.86. The van der Waals surface area contributed by atoms with Crippen molar-refractivity contribution in [1.29, 1.82) is 0 Å². The van der Waals surface area contributed by atoms with Gasteiger partial charge in [-0.3, -0.25) is 14.4 Å². The third kappa shape index (κ3) is 20.5. The molecular weight excluding hydrogens is 613 g/mol. The lowest BCUT2D eigenvalue weighted by molar-refractivity contribution is -0.157. The van der Waals surface area contributed by atoms with Gasteiger partial charge >= 0.3 is 5.97 Å². The van der Waals surface area contributed by atoms with Gasteiger partial charge in [0.25, 0.3) is 0 Å². The molecule has 4 N–H and O–H groups in total. The van der Waals surface area contributed by atoms with Gasteiger partial charge in [0, 0.05) is 24.8 Å². The molecular formula is C36H57Cl2NO6. The van der Waals surface area contributed by atoms with Crippen LogP contribution in [-0.4, -0.2) is 51.6 Å². The molecule has 256 valence electrons. The molecule has 0 saturated heterocycles. The largest absolute Gasteiger partial charge is 0.460 e. The number of hydrogen-bond acceptors (Lipinski definition) is 7. The number of ether oxygens (including phenoxy) is 1. The maximum atomic E-state index is 12.5. The predicted octanol–water partition coefficient (Wildman–Crippen LogP) is 6.71. The minimum absolute atomic E-state index is 0. The van der Waals surface area contributed by atoms with E-state index >= 15 is 0 Å². The summed E-state index contributed by atoms with van der Waals surface area (Å²) < 4.78 is 5.38. The minimum Gasteiger partial charge on any atom is -0.460 e. The van der Waals surface area contributed by atoms with Gasteiger partial charge in [0.05, 0.1) is 6.42 Å². The zero-order valence-electron chi connectivity index (χ0n) is 28.5. The molecule has 2 aromatic rings. The van der Waals surface area contributed by atoms with Crippen molar-refractivity contribution in [2.24, 2.45) is 22.5 Å². The second kappa shape index (κ2) is 20.1. The zero-order chi connectivity index (χ0) is 33.0. The summed E-state index contributed by atoms with van der Waals surface area (Å²) in [7, 11) is 0. The molecule has 0 spiro atoms. The fourth-order valence-electron chi connectivity index (χ4n) is 4.56. The summed E-state index contributed by atoms with van der Waals surface area (Å²) in [6, 6.07) is 18.7. The molecule has 0 aromatic heterocycles. The molecule has 9 heteroatoms. The van der Waals surface area contributed by atoms with Gasteiger partial charge in [-0.1, -0.05) is 102 Å². The minimum atomic E-state index is -1.17. The number of nitrogens with two attached hydrogens (primary N) is 1. The van der Waals surface area contributed by atoms with E-state index in [4.69, 9.17) is 10.5 Å². The van der Waals surface area contributed by atoms with Crippen LogP contribution in [-0.2, 0) is 32.0 Å². The number of Topliss-reactive ketones (excluding diaryl/α,β-unsaturated/α-hetero) is 2. The molecule has 2 unspecified atom stereocenters. The van der Waals surface area contributed by atoms with E-state index in [0.29, 0.717) is 19.3 Å². The molecule has 4 atom stereocenters. The highest BCUT2D eigenvalue weighted by Gasteiger charge is 2.32. The number of aliphatic hydroxyl groups excluding tert-OH is 2. The molecule has 2 aromatic carbocycles. The van der Waals surface area contributed by atoms with E-state index in [2.05, 4.69) is 0 Å². The molecule has 2 rings (SSSR count). The van der Waals surface area contributed by atoms with Gasteiger partial charge in [0.1, 0.15) is 17.8 Å². The van der Waals surface area contributed by atoms with Crippen molar-refractivity contribution in [2.75, 3.05) is 0 Å². The summed E-state index contributed by atoms with van der Waals surface area (Å²) in [5, 5.41) is 20.5. The van der Waals surface area contributed by atoms with E-state index < -0.39 is 35.7 Å². The van der Waals surface area contributed by atoms with Gasteiger partial charge < -0.3 is 20.7 Å². The fraction of sp³-hybridized carbons (Fsp3) is 0.583. The van der Waals surface area contributed by atoms with E-state index in [9.17, 15) is 24.6 Å². The van der Waals surface area contributed by atoms with E-state index in [0.717, 1.165) is 11.1 Å². The normalized spacial score (nSPS) is 14.2. The van der Waals surface area contributed by atoms with E-state index in [1.54, 1.807) is 20.8 Å². The molecule has 0 aliphatic carbocycles. The Morgan fingerprint density at radius 3 is 1.42 bits per heavy atom. The second-order valence-electron chi connectivity index (χ2n) is 14.9. The summed E-state index contributed by atoms with van der Waals surface area (Å²) in [5.41, 5.74) is 7.00. The molecule has 45 heavy (non-hydrogen) atoms. The number of hydrogen-bond donors (Lipinski definition) is 3. The Labute approximate surface area is 283 Å². The van der Waals surface area contributed by atoms with Crippen LogP contribution in [0.4, 0.5) is 0 Å². The lowest BCUT2D eigenvalue weighted by atomic mass is 9.82. The highest BCUT2D eigenvalue weighted by Crippen LogP contribution is 2.25. The van der Waals surface area contributed by atoms with Crippen LogP contribution in [0.15, 0.2) is 60.7 Å². The first kappa shape index (κ1) is 44.8. The molecule has 0 heterocycles. The third-order valence-electron chi connectivity index (χ3n) is 6.42. The van der Waals surface area contributed by atoms with Crippen LogP contribution in [0.5, 0.6) is 0 Å². The SMILES string of the molecule is CC(C)(C)CC(=O)C(O)[C@@H](CC(=O)OC(C)(C)C)Cc1ccccc1.CC(C)(C)CC(=O)C(O)[C@@H](N)Cc1ccccc1.Cl.Cl. The highest BCUT2D eigenvalue weighted by molar-refractivity contribution is 5.86. The van der Waals surface area contributed by atoms with Crippen LogP contribution in [0, 0.1) is 16.7 Å². The standard InChI is InChI=1S/C21H32O4.C15H23NO2.2ClH/c1-20(2,3)14-17(22)19(24)16(12-15-10-8-7-9-11-15)13-18(23)25-21(4,5)6;1-15(2,3)10-13(17)14(18)12(16)9-11-7-5-4-6-8-11;;/h7-11,16,19,24H,12-14H2,1-6H3;4-8,12,14,18H,9-10,16H2,1-3H3;2*1H/t16-,19?;12-,14?;;/m10../s1. The third-order valence-corrected chi connectivity index (χ3v) is 6.42. The number of carbonyl (C=O) groups is 3. The van der Waals surface area contributed by atoms with Gasteiger partial charge in [-0.05, 0) is 55.6 Å². The Bertz CT molecular complexity index is 1140. The van der Waals surface area contributed by atoms with Gasteiger partial charge in [-0.15, -0.1) is 24.8 Å². The van der Waals surface area contributed by atoms with Crippen LogP contribution in [0.2, 0.25) is 0 Å². The van der Waals surface area contributed by atoms with E-state index in [1.807, 2.05) is 102 Å². The van der Waals surface area contributed by atoms with Crippen LogP contribution in [0.3, 0.4) is 0 Å². The molecule has 0 amide bonds. The Hall–Kier alpha value is -2.29. The van der Waals surface area contributed by atoms with E-state index in [1.165, 1.54) is 0 Å². The summed E-state index contributed by atoms with van der Waals surface area (Å²) in [4.78, 5) is 36.5. The Morgan fingerprint density at radius 2 is 1.04 bits per heavy atom. The van der Waals surface area contributed by atoms with Crippen molar-refractivity contribution < 1.29 is 29.3 Å². The number of ketones is 2. The van der Waals surface area contributed by atoms with Crippen LogP contribution >= 0.6 is 24.8 Å². The summed E-state index contributed by atoms with van der Waals surface area (Å²) in [6.45, 7) is 17.2. The number of halogens is 2. The highest BCUT2D eigenvalue weighted by atomic mass is 35.5. The Morgan fingerprint density at radius 1 is 0.667 bits per heavy atom. The quantitative estimate of drug-likeness (QED) is 0.214. The van der Waals surface area contributed by atoms with Crippen LogP contribution < -0.4 is 5.73 Å². The van der Waals surface area contributed by atoms with E-state index in [-0.39, 0.29) is 60.1 Å². The molecule has 0 aliphatic heterocycles. The van der Waals surface area contributed by atoms with Crippen molar-refractivity contribution in [3.63, 3.8) is 0 Å². The van der Waals surface area contributed by atoms with Crippen molar-refractivity contribution in [3.8, 4) is 0 Å². The summed E-state index contributed by atoms with van der Waals surface area (Å²) >= 11 is 0. The molecule has 7 nitrogen and oxygen atoms in total. The molecule has 0 radical (unpaired) electrons. The zero-order valence-corrected chi connectivity index (χ0v) is 30.2. The first-order valence-electron chi connectivity index (χ1n) is 15.1. The number of rotatable bonds is 12. The number of esters is 1. The van der Waals surface area contributed by atoms with Crippen molar-refractivity contribution in [2.45, 2.75) is 118 Å². The van der Waals surface area contributed by atoms with Gasteiger partial charge in [0.15, 0.2) is 11.6 Å². The molecule has 0 saturated carbocycles. The average molecular weight is 671 g/mol. The first-order chi connectivity index (χ1) is 19.7. The topological polar surface area (TPSA) is 127 Å². The number of carbonyl (C=O) groups excluding carboxylic acids is 3. The predicted molar refractivity (Wildman–Crippen MR) is 187 cm³/mol. The second-order valence-corrected chi connectivity index (χ2v) is 14.9. The fourth-order valence-corrected chi connectivity index (χ4v) is 4.56. The molecule has 0 fully saturated rings. The maximum absolute atomic E-state index is 12.5. The molecule has 0 aliphatic rings. The monoisotopic (exact) mass is 669 g/mol.